The molecule has 0 aliphatic heterocycles. The van der Waals surface area contributed by atoms with Crippen molar-refractivity contribution < 1.29 is 23.4 Å². The third-order valence-corrected chi connectivity index (χ3v) is 7.12. The normalized spacial score (nSPS) is 11.0. The molecule has 9 nitrogen and oxygen atoms in total. The van der Waals surface area contributed by atoms with Crippen molar-refractivity contribution >= 4 is 34.3 Å². The summed E-state index contributed by atoms with van der Waals surface area (Å²) in [4.78, 5) is 35.4. The number of hydrogen-bond acceptors (Lipinski definition) is 8. The lowest BCUT2D eigenvalue weighted by molar-refractivity contribution is 0.102. The second kappa shape index (κ2) is 12.3. The number of rotatable bonds is 9. The van der Waals surface area contributed by atoms with Crippen molar-refractivity contribution in [2.45, 2.75) is 24.3 Å². The Labute approximate surface area is 245 Å². The first kappa shape index (κ1) is 28.6. The van der Waals surface area contributed by atoms with E-state index in [-0.39, 0.29) is 10.8 Å². The van der Waals surface area contributed by atoms with Gasteiger partial charge < -0.3 is 19.5 Å². The molecule has 0 radical (unpaired) electrons. The van der Waals surface area contributed by atoms with Crippen molar-refractivity contribution in [3.8, 4) is 28.7 Å². The molecule has 0 fully saturated rings. The molecule has 0 saturated carbocycles. The number of pyridine rings is 1. The zero-order valence-electron chi connectivity index (χ0n) is 23.3. The molecule has 11 heteroatoms. The van der Waals surface area contributed by atoms with Crippen molar-refractivity contribution in [3.05, 3.63) is 101 Å². The Hall–Kier alpha value is -4.90. The fourth-order valence-corrected chi connectivity index (χ4v) is 5.00. The largest absolute Gasteiger partial charge is 0.493 e. The average Bonchev–Trinajstić information content (AvgIpc) is 2.98. The maximum absolute atomic E-state index is 13.5. The second-order valence-corrected chi connectivity index (χ2v) is 10.9. The van der Waals surface area contributed by atoms with Gasteiger partial charge in [0.15, 0.2) is 16.7 Å². The number of thioether (sulfide) groups is 1. The summed E-state index contributed by atoms with van der Waals surface area (Å²) in [6.45, 7) is 3.93. The number of fused-ring (bicyclic) bond motifs is 1. The number of benzene rings is 3. The number of carbonyl (C=O) groups is 1. The first-order chi connectivity index (χ1) is 20.3. The SMILES string of the molecule is COc1cc2nccc(Oc3ccc(NC(=O)c4cnc(SC(C)C)n(-c5ccc(F)cc5)c4=O)cc3)c2cc1OC. The van der Waals surface area contributed by atoms with Crippen LogP contribution in [0.3, 0.4) is 0 Å². The highest BCUT2D eigenvalue weighted by Gasteiger charge is 2.19. The van der Waals surface area contributed by atoms with E-state index in [1.165, 1.54) is 46.8 Å². The van der Waals surface area contributed by atoms with E-state index < -0.39 is 17.3 Å². The Morgan fingerprint density at radius 1 is 0.929 bits per heavy atom. The number of methoxy groups -OCH3 is 2. The molecule has 0 saturated heterocycles. The van der Waals surface area contributed by atoms with E-state index in [1.807, 2.05) is 13.8 Å². The van der Waals surface area contributed by atoms with Gasteiger partial charge in [-0.1, -0.05) is 25.6 Å². The topological polar surface area (TPSA) is 105 Å². The summed E-state index contributed by atoms with van der Waals surface area (Å²) < 4.78 is 31.7. The van der Waals surface area contributed by atoms with Gasteiger partial charge in [-0.15, -0.1) is 0 Å². The lowest BCUT2D eigenvalue weighted by Crippen LogP contribution is -2.30. The van der Waals surface area contributed by atoms with Crippen LogP contribution in [0.2, 0.25) is 0 Å². The van der Waals surface area contributed by atoms with Gasteiger partial charge in [-0.05, 0) is 60.7 Å². The van der Waals surface area contributed by atoms with Crippen molar-refractivity contribution in [1.29, 1.82) is 0 Å². The van der Waals surface area contributed by atoms with Crippen LogP contribution in [0.25, 0.3) is 16.6 Å². The molecular weight excluding hydrogens is 559 g/mol. The van der Waals surface area contributed by atoms with E-state index in [1.54, 1.807) is 62.9 Å². The number of ether oxygens (including phenoxy) is 3. The lowest BCUT2D eigenvalue weighted by Gasteiger charge is -2.15. The highest BCUT2D eigenvalue weighted by atomic mass is 32.2. The maximum Gasteiger partial charge on any atom is 0.271 e. The zero-order chi connectivity index (χ0) is 29.8. The molecule has 5 rings (SSSR count). The number of hydrogen-bond donors (Lipinski definition) is 1. The summed E-state index contributed by atoms with van der Waals surface area (Å²) in [5.74, 6) is 1.12. The average molecular weight is 587 g/mol. The number of halogens is 1. The third-order valence-electron chi connectivity index (χ3n) is 6.15. The Kier molecular flexibility index (Phi) is 8.39. The molecular formula is C31H27FN4O5S. The van der Waals surface area contributed by atoms with Crippen LogP contribution in [0.1, 0.15) is 24.2 Å². The number of nitrogens with one attached hydrogen (secondary N) is 1. The fraction of sp³-hybridized carbons (Fsp3) is 0.161. The predicted octanol–water partition coefficient (Wildman–Crippen LogP) is 6.48. The van der Waals surface area contributed by atoms with Crippen molar-refractivity contribution in [1.82, 2.24) is 14.5 Å². The van der Waals surface area contributed by atoms with Crippen LogP contribution >= 0.6 is 11.8 Å². The zero-order valence-corrected chi connectivity index (χ0v) is 24.1. The van der Waals surface area contributed by atoms with Gasteiger partial charge in [0.25, 0.3) is 11.5 Å². The molecule has 0 aliphatic rings. The number of nitrogens with zero attached hydrogens (tertiary/aromatic N) is 3. The van der Waals surface area contributed by atoms with Gasteiger partial charge in [0.1, 0.15) is 22.9 Å². The van der Waals surface area contributed by atoms with Gasteiger partial charge in [0.05, 0.1) is 25.4 Å². The van der Waals surface area contributed by atoms with Crippen LogP contribution in [0.4, 0.5) is 10.1 Å². The first-order valence-electron chi connectivity index (χ1n) is 12.9. The van der Waals surface area contributed by atoms with E-state index in [0.29, 0.717) is 45.0 Å². The van der Waals surface area contributed by atoms with Crippen LogP contribution in [0.15, 0.2) is 89.1 Å². The highest BCUT2D eigenvalue weighted by Crippen LogP contribution is 2.37. The summed E-state index contributed by atoms with van der Waals surface area (Å²) in [5, 5.41) is 4.00. The molecule has 3 aromatic carbocycles. The minimum absolute atomic E-state index is 0.124. The molecule has 2 heterocycles. The molecule has 42 heavy (non-hydrogen) atoms. The van der Waals surface area contributed by atoms with Gasteiger partial charge in [0, 0.05) is 34.8 Å². The Balaban J connectivity index is 1.38. The second-order valence-electron chi connectivity index (χ2n) is 9.35. The highest BCUT2D eigenvalue weighted by molar-refractivity contribution is 7.99. The van der Waals surface area contributed by atoms with Gasteiger partial charge >= 0.3 is 0 Å². The van der Waals surface area contributed by atoms with Crippen LogP contribution in [-0.4, -0.2) is 39.9 Å². The quantitative estimate of drug-likeness (QED) is 0.155. The Bertz CT molecular complexity index is 1810. The minimum atomic E-state index is -0.626. The van der Waals surface area contributed by atoms with Crippen molar-refractivity contribution in [2.75, 3.05) is 19.5 Å². The molecule has 5 aromatic rings. The Morgan fingerprint density at radius 2 is 1.62 bits per heavy atom. The van der Waals surface area contributed by atoms with E-state index in [4.69, 9.17) is 14.2 Å². The minimum Gasteiger partial charge on any atom is -0.493 e. The van der Waals surface area contributed by atoms with Gasteiger partial charge in [0.2, 0.25) is 0 Å². The predicted molar refractivity (Wildman–Crippen MR) is 160 cm³/mol. The van der Waals surface area contributed by atoms with Crippen LogP contribution in [-0.2, 0) is 0 Å². The molecule has 0 spiro atoms. The fourth-order valence-electron chi connectivity index (χ4n) is 4.18. The van der Waals surface area contributed by atoms with Crippen LogP contribution in [0.5, 0.6) is 23.0 Å². The molecule has 0 unspecified atom stereocenters. The standard InChI is InChI=1S/C31H27FN4O5S/c1-18(2)42-31-34-17-24(30(38)36(31)21-9-5-19(32)6-10-21)29(37)35-20-7-11-22(12-8-20)41-26-13-14-33-25-16-28(40-4)27(39-3)15-23(25)26/h5-18H,1-4H3,(H,35,37). The molecule has 0 atom stereocenters. The van der Waals surface area contributed by atoms with Gasteiger partial charge in [-0.2, -0.15) is 0 Å². The Morgan fingerprint density at radius 3 is 2.29 bits per heavy atom. The summed E-state index contributed by atoms with van der Waals surface area (Å²) in [5.41, 5.74) is 0.820. The number of anilines is 1. The molecule has 2 aromatic heterocycles. The molecule has 0 aliphatic carbocycles. The van der Waals surface area contributed by atoms with Gasteiger partial charge in [-0.25, -0.2) is 9.37 Å². The van der Waals surface area contributed by atoms with Gasteiger partial charge in [-0.3, -0.25) is 19.1 Å². The van der Waals surface area contributed by atoms with Crippen LogP contribution < -0.4 is 25.1 Å². The van der Waals surface area contributed by atoms with E-state index in [2.05, 4.69) is 15.3 Å². The van der Waals surface area contributed by atoms with E-state index in [0.717, 1.165) is 5.39 Å². The molecule has 0 bridgehead atoms. The molecule has 1 N–H and O–H groups in total. The number of carbonyl (C=O) groups excluding carboxylic acids is 1. The monoisotopic (exact) mass is 586 g/mol. The lowest BCUT2D eigenvalue weighted by atomic mass is 10.2. The number of amides is 1. The molecule has 1 amide bonds. The number of aromatic nitrogens is 3. The van der Waals surface area contributed by atoms with E-state index >= 15 is 0 Å². The van der Waals surface area contributed by atoms with Crippen LogP contribution in [0, 0.1) is 5.82 Å². The van der Waals surface area contributed by atoms with Crippen molar-refractivity contribution in [2.24, 2.45) is 0 Å². The first-order valence-corrected chi connectivity index (χ1v) is 13.8. The van der Waals surface area contributed by atoms with E-state index in [9.17, 15) is 14.0 Å². The summed E-state index contributed by atoms with van der Waals surface area (Å²) in [6, 6.07) is 17.5. The molecule has 214 valence electrons. The maximum atomic E-state index is 13.5. The summed E-state index contributed by atoms with van der Waals surface area (Å²) >= 11 is 1.36. The van der Waals surface area contributed by atoms with Crippen molar-refractivity contribution in [3.63, 3.8) is 0 Å². The summed E-state index contributed by atoms with van der Waals surface area (Å²) in [6.07, 6.45) is 2.90. The third kappa shape index (κ3) is 6.06. The summed E-state index contributed by atoms with van der Waals surface area (Å²) in [7, 11) is 3.11. The smallest absolute Gasteiger partial charge is 0.271 e.